The summed E-state index contributed by atoms with van der Waals surface area (Å²) in [5, 5.41) is 9.74. The fourth-order valence-corrected chi connectivity index (χ4v) is 4.37. The van der Waals surface area contributed by atoms with Gasteiger partial charge < -0.3 is 10.2 Å². The molecule has 1 saturated heterocycles. The van der Waals surface area contributed by atoms with E-state index in [2.05, 4.69) is 17.1 Å². The van der Waals surface area contributed by atoms with Gasteiger partial charge >= 0.3 is 0 Å². The molecule has 0 radical (unpaired) electrons. The van der Waals surface area contributed by atoms with Crippen LogP contribution < -0.4 is 5.32 Å². The van der Waals surface area contributed by atoms with Crippen LogP contribution in [0.5, 0.6) is 0 Å². The number of nitrogens with zero attached hydrogens (tertiary/aromatic N) is 3. The third kappa shape index (κ3) is 2.81. The lowest BCUT2D eigenvalue weighted by molar-refractivity contribution is 0.220. The Kier molecular flexibility index (Phi) is 4.46. The number of benzene rings is 1. The molecule has 0 spiro atoms. The summed E-state index contributed by atoms with van der Waals surface area (Å²) in [5.41, 5.74) is 3.52. The van der Waals surface area contributed by atoms with Gasteiger partial charge in [-0.15, -0.1) is 0 Å². The number of nitrogens with one attached hydrogen (secondary N) is 1. The zero-order valence-corrected chi connectivity index (χ0v) is 15.4. The predicted octanol–water partition coefficient (Wildman–Crippen LogP) is 4.35. The minimum absolute atomic E-state index is 0.550. The van der Waals surface area contributed by atoms with Crippen LogP contribution in [0, 0.1) is 0 Å². The van der Waals surface area contributed by atoms with E-state index in [-0.39, 0.29) is 0 Å². The van der Waals surface area contributed by atoms with Crippen molar-refractivity contribution in [3.8, 4) is 5.69 Å². The van der Waals surface area contributed by atoms with E-state index in [0.717, 1.165) is 44.1 Å². The van der Waals surface area contributed by atoms with Gasteiger partial charge in [0, 0.05) is 23.0 Å². The van der Waals surface area contributed by atoms with E-state index < -0.39 is 0 Å². The fraction of sp³-hybridized carbons (Fsp3) is 0.500. The van der Waals surface area contributed by atoms with Crippen molar-refractivity contribution in [3.05, 3.63) is 39.5 Å². The third-order valence-corrected chi connectivity index (χ3v) is 5.78. The van der Waals surface area contributed by atoms with Gasteiger partial charge in [-0.1, -0.05) is 30.1 Å². The predicted molar refractivity (Wildman–Crippen MR) is 99.9 cm³/mol. The molecule has 2 aliphatic rings. The summed E-state index contributed by atoms with van der Waals surface area (Å²) in [6.45, 7) is 6.68. The molecule has 0 bridgehead atoms. The first-order valence-electron chi connectivity index (χ1n) is 8.70. The Hall–Kier alpha value is -1.23. The highest BCUT2D eigenvalue weighted by molar-refractivity contribution is 6.35. The van der Waals surface area contributed by atoms with Crippen molar-refractivity contribution in [1.82, 2.24) is 14.7 Å². The molecule has 0 amide bonds. The Bertz CT molecular complexity index is 748. The quantitative estimate of drug-likeness (QED) is 0.878. The van der Waals surface area contributed by atoms with Gasteiger partial charge in [0.05, 0.1) is 16.4 Å². The Morgan fingerprint density at radius 2 is 2.04 bits per heavy atom. The molecular weight excluding hydrogens is 343 g/mol. The summed E-state index contributed by atoms with van der Waals surface area (Å²) in [6.07, 6.45) is 3.42. The lowest BCUT2D eigenvalue weighted by atomic mass is 9.91. The number of fused-ring (bicyclic) bond motifs is 1. The van der Waals surface area contributed by atoms with E-state index in [4.69, 9.17) is 28.3 Å². The first kappa shape index (κ1) is 16.2. The molecule has 0 aliphatic carbocycles. The summed E-state index contributed by atoms with van der Waals surface area (Å²) < 4.78 is 1.97. The van der Waals surface area contributed by atoms with Gasteiger partial charge in [0.2, 0.25) is 0 Å². The van der Waals surface area contributed by atoms with Crippen molar-refractivity contribution in [1.29, 1.82) is 0 Å². The Morgan fingerprint density at radius 1 is 1.25 bits per heavy atom. The second-order valence-corrected chi connectivity index (χ2v) is 7.45. The van der Waals surface area contributed by atoms with Crippen LogP contribution in [0.1, 0.15) is 36.9 Å². The van der Waals surface area contributed by atoms with Crippen LogP contribution in [-0.4, -0.2) is 40.9 Å². The standard InChI is InChI=1S/C18H22Cl2N4/c1-2-23-9-6-12(7-10-23)17-14-5-8-21-18(14)24(22-17)16-4-3-13(19)11-15(16)20/h3-4,11-12,21H,2,5-10H2,1H3. The van der Waals surface area contributed by atoms with Crippen LogP contribution >= 0.6 is 23.2 Å². The number of aromatic nitrogens is 2. The van der Waals surface area contributed by atoms with Crippen LogP contribution in [-0.2, 0) is 6.42 Å². The highest BCUT2D eigenvalue weighted by Crippen LogP contribution is 2.38. The van der Waals surface area contributed by atoms with Crippen molar-refractivity contribution in [3.63, 3.8) is 0 Å². The summed E-state index contributed by atoms with van der Waals surface area (Å²) in [7, 11) is 0. The van der Waals surface area contributed by atoms with E-state index in [1.54, 1.807) is 6.07 Å². The fourth-order valence-electron chi connectivity index (χ4n) is 3.88. The van der Waals surface area contributed by atoms with Crippen LogP contribution in [0.2, 0.25) is 10.0 Å². The number of piperidine rings is 1. The maximum Gasteiger partial charge on any atom is 0.133 e. The molecule has 0 saturated carbocycles. The van der Waals surface area contributed by atoms with Crippen molar-refractivity contribution in [2.75, 3.05) is 31.5 Å². The van der Waals surface area contributed by atoms with Gasteiger partial charge in [-0.25, -0.2) is 4.68 Å². The second-order valence-electron chi connectivity index (χ2n) is 6.61. The smallest absolute Gasteiger partial charge is 0.133 e. The zero-order chi connectivity index (χ0) is 16.7. The molecule has 3 heterocycles. The average Bonchev–Trinajstić information content (AvgIpc) is 3.18. The lowest BCUT2D eigenvalue weighted by Crippen LogP contribution is -2.33. The molecule has 1 fully saturated rings. The Labute approximate surface area is 152 Å². The van der Waals surface area contributed by atoms with Crippen LogP contribution in [0.25, 0.3) is 5.69 Å². The number of rotatable bonds is 3. The summed E-state index contributed by atoms with van der Waals surface area (Å²) in [5.74, 6) is 1.65. The lowest BCUT2D eigenvalue weighted by Gasteiger charge is -2.30. The maximum atomic E-state index is 6.42. The molecule has 0 atom stereocenters. The molecule has 128 valence electrons. The molecule has 24 heavy (non-hydrogen) atoms. The van der Waals surface area contributed by atoms with Crippen molar-refractivity contribution < 1.29 is 0 Å². The number of hydrogen-bond acceptors (Lipinski definition) is 3. The molecule has 1 aromatic heterocycles. The third-order valence-electron chi connectivity index (χ3n) is 5.24. The van der Waals surface area contributed by atoms with Gasteiger partial charge in [0.1, 0.15) is 5.82 Å². The zero-order valence-electron chi connectivity index (χ0n) is 13.9. The van der Waals surface area contributed by atoms with E-state index in [1.165, 1.54) is 24.1 Å². The van der Waals surface area contributed by atoms with Gasteiger partial charge in [-0.3, -0.25) is 0 Å². The maximum absolute atomic E-state index is 6.42. The number of likely N-dealkylation sites (tertiary alicyclic amines) is 1. The normalized spacial score (nSPS) is 18.6. The van der Waals surface area contributed by atoms with Gasteiger partial charge in [0.25, 0.3) is 0 Å². The highest BCUT2D eigenvalue weighted by Gasteiger charge is 2.30. The van der Waals surface area contributed by atoms with Crippen molar-refractivity contribution in [2.24, 2.45) is 0 Å². The van der Waals surface area contributed by atoms with Gasteiger partial charge in [0.15, 0.2) is 0 Å². The van der Waals surface area contributed by atoms with E-state index in [1.807, 2.05) is 16.8 Å². The van der Waals surface area contributed by atoms with Crippen LogP contribution in [0.15, 0.2) is 18.2 Å². The Morgan fingerprint density at radius 3 is 2.75 bits per heavy atom. The van der Waals surface area contributed by atoms with Gasteiger partial charge in [-0.2, -0.15) is 5.10 Å². The molecule has 1 N–H and O–H groups in total. The van der Waals surface area contributed by atoms with Crippen LogP contribution in [0.3, 0.4) is 0 Å². The van der Waals surface area contributed by atoms with E-state index >= 15 is 0 Å². The first-order valence-corrected chi connectivity index (χ1v) is 9.46. The molecule has 6 heteroatoms. The minimum Gasteiger partial charge on any atom is -0.369 e. The summed E-state index contributed by atoms with van der Waals surface area (Å²) >= 11 is 12.5. The summed E-state index contributed by atoms with van der Waals surface area (Å²) in [6, 6.07) is 5.59. The molecular formula is C18H22Cl2N4. The van der Waals surface area contributed by atoms with Gasteiger partial charge in [-0.05, 0) is 57.1 Å². The minimum atomic E-state index is 0.550. The topological polar surface area (TPSA) is 33.1 Å². The highest BCUT2D eigenvalue weighted by atomic mass is 35.5. The first-order chi connectivity index (χ1) is 11.7. The van der Waals surface area contributed by atoms with E-state index in [9.17, 15) is 0 Å². The SMILES string of the molecule is CCN1CCC(c2nn(-c3ccc(Cl)cc3Cl)c3c2CCN3)CC1. The molecule has 2 aromatic rings. The van der Waals surface area contributed by atoms with Crippen molar-refractivity contribution >= 4 is 29.0 Å². The van der Waals surface area contributed by atoms with E-state index in [0.29, 0.717) is 16.0 Å². The molecule has 1 aromatic carbocycles. The average molecular weight is 365 g/mol. The second kappa shape index (κ2) is 6.58. The number of anilines is 1. The largest absolute Gasteiger partial charge is 0.369 e. The monoisotopic (exact) mass is 364 g/mol. The van der Waals surface area contributed by atoms with Crippen LogP contribution in [0.4, 0.5) is 5.82 Å². The van der Waals surface area contributed by atoms with Crippen molar-refractivity contribution in [2.45, 2.75) is 32.1 Å². The number of halogens is 2. The summed E-state index contributed by atoms with van der Waals surface area (Å²) in [4.78, 5) is 2.52. The molecule has 4 nitrogen and oxygen atoms in total. The molecule has 4 rings (SSSR count). The number of hydrogen-bond donors (Lipinski definition) is 1. The Balaban J connectivity index is 1.70. The molecule has 2 aliphatic heterocycles. The molecule has 0 unspecified atom stereocenters.